The molecule has 0 radical (unpaired) electrons. The molecule has 0 saturated carbocycles. The van der Waals surface area contributed by atoms with Crippen molar-refractivity contribution in [3.05, 3.63) is 45.0 Å². The molecule has 3 rings (SSSR count). The monoisotopic (exact) mass is 493 g/mol. The van der Waals surface area contributed by atoms with Crippen LogP contribution in [0.25, 0.3) is 0 Å². The van der Waals surface area contributed by atoms with E-state index in [-0.39, 0.29) is 11.4 Å². The molecule has 1 saturated heterocycles. The summed E-state index contributed by atoms with van der Waals surface area (Å²) in [5, 5.41) is 6.00. The van der Waals surface area contributed by atoms with E-state index in [4.69, 9.17) is 4.74 Å². The predicted octanol–water partition coefficient (Wildman–Crippen LogP) is 1.38. The first-order valence-corrected chi connectivity index (χ1v) is 13.6. The van der Waals surface area contributed by atoms with Gasteiger partial charge < -0.3 is 15.4 Å². The molecule has 2 heterocycles. The molecule has 0 bridgehead atoms. The van der Waals surface area contributed by atoms with Crippen molar-refractivity contribution in [1.82, 2.24) is 14.2 Å². The van der Waals surface area contributed by atoms with Crippen LogP contribution < -0.4 is 21.5 Å². The molecule has 2 aromatic rings. The minimum absolute atomic E-state index is 0.148. The summed E-state index contributed by atoms with van der Waals surface area (Å²) in [6.45, 7) is 7.26. The molecule has 1 aliphatic rings. The number of rotatable bonds is 15. The molecule has 1 aliphatic heterocycles. The van der Waals surface area contributed by atoms with Crippen molar-refractivity contribution in [1.29, 1.82) is 0 Å². The lowest BCUT2D eigenvalue weighted by molar-refractivity contribution is 0.0364. The number of hydrogen-bond acceptors (Lipinski definition) is 9. The summed E-state index contributed by atoms with van der Waals surface area (Å²) >= 11 is 0. The number of hydrogen-bond donors (Lipinski definition) is 2. The first-order chi connectivity index (χ1) is 16.4. The molecule has 0 unspecified atom stereocenters. The molecule has 0 amide bonds. The summed E-state index contributed by atoms with van der Waals surface area (Å²) in [6, 6.07) is 3.44. The SMILES string of the molecule is CCN(CCN1CCOCC1)S(=O)(=O)CCCCCCNc1c(Nc2ccncc2)c(=O)c1=O. The summed E-state index contributed by atoms with van der Waals surface area (Å²) in [5.74, 6) is 0.148. The first-order valence-electron chi connectivity index (χ1n) is 11.9. The van der Waals surface area contributed by atoms with Gasteiger partial charge in [-0.05, 0) is 25.0 Å². The fourth-order valence-corrected chi connectivity index (χ4v) is 5.52. The van der Waals surface area contributed by atoms with Crippen LogP contribution in [0.1, 0.15) is 32.6 Å². The fourth-order valence-electron chi connectivity index (χ4n) is 3.94. The summed E-state index contributed by atoms with van der Waals surface area (Å²) in [7, 11) is -3.27. The number of ether oxygens (including phenoxy) is 1. The van der Waals surface area contributed by atoms with Gasteiger partial charge >= 0.3 is 0 Å². The van der Waals surface area contributed by atoms with Gasteiger partial charge in [0.25, 0.3) is 10.9 Å². The molecule has 34 heavy (non-hydrogen) atoms. The van der Waals surface area contributed by atoms with Crippen LogP contribution in [-0.4, -0.2) is 80.8 Å². The number of aromatic nitrogens is 1. The van der Waals surface area contributed by atoms with Gasteiger partial charge in [0.05, 0.1) is 19.0 Å². The second kappa shape index (κ2) is 12.9. The van der Waals surface area contributed by atoms with Gasteiger partial charge in [0.2, 0.25) is 10.0 Å². The van der Waals surface area contributed by atoms with Crippen LogP contribution in [0, 0.1) is 0 Å². The normalized spacial score (nSPS) is 15.1. The lowest BCUT2D eigenvalue weighted by atomic mass is 10.1. The zero-order valence-corrected chi connectivity index (χ0v) is 20.6. The topological polar surface area (TPSA) is 121 Å². The largest absolute Gasteiger partial charge is 0.380 e. The van der Waals surface area contributed by atoms with Gasteiger partial charge in [-0.25, -0.2) is 12.7 Å². The Morgan fingerprint density at radius 1 is 1.03 bits per heavy atom. The van der Waals surface area contributed by atoms with E-state index in [1.54, 1.807) is 28.8 Å². The zero-order chi connectivity index (χ0) is 24.4. The minimum atomic E-state index is -3.27. The highest BCUT2D eigenvalue weighted by molar-refractivity contribution is 7.89. The number of anilines is 3. The van der Waals surface area contributed by atoms with E-state index in [0.29, 0.717) is 50.6 Å². The Labute approximate surface area is 201 Å². The van der Waals surface area contributed by atoms with Gasteiger partial charge in [0.15, 0.2) is 0 Å². The molecule has 10 nitrogen and oxygen atoms in total. The number of nitrogens with one attached hydrogen (secondary N) is 2. The van der Waals surface area contributed by atoms with Crippen LogP contribution in [0.15, 0.2) is 34.1 Å². The van der Waals surface area contributed by atoms with Crippen molar-refractivity contribution in [3.63, 3.8) is 0 Å². The first kappa shape index (κ1) is 26.3. The standard InChI is InChI=1S/C23H35N5O5S/c1-2-28(13-12-27-14-16-33-17-15-27)34(31,32)18-6-4-3-5-9-25-20-21(23(30)22(20)29)26-19-7-10-24-11-8-19/h7-8,10-11,25H,2-6,9,12-18H2,1H3,(H,24,26). The predicted molar refractivity (Wildman–Crippen MR) is 134 cm³/mol. The molecule has 2 N–H and O–H groups in total. The summed E-state index contributed by atoms with van der Waals surface area (Å²) in [5.41, 5.74) is 0.234. The van der Waals surface area contributed by atoms with Gasteiger partial charge in [-0.2, -0.15) is 0 Å². The van der Waals surface area contributed by atoms with E-state index >= 15 is 0 Å². The highest BCUT2D eigenvalue weighted by atomic mass is 32.2. The quantitative estimate of drug-likeness (QED) is 0.280. The average Bonchev–Trinajstić information content (AvgIpc) is 2.86. The smallest absolute Gasteiger partial charge is 0.253 e. The maximum absolute atomic E-state index is 12.7. The Bertz CT molecular complexity index is 1060. The van der Waals surface area contributed by atoms with Crippen LogP contribution >= 0.6 is 0 Å². The highest BCUT2D eigenvalue weighted by Gasteiger charge is 2.22. The second-order valence-corrected chi connectivity index (χ2v) is 10.5. The van der Waals surface area contributed by atoms with Gasteiger partial charge in [-0.3, -0.25) is 19.5 Å². The molecule has 1 aromatic carbocycles. The number of morpholine rings is 1. The van der Waals surface area contributed by atoms with E-state index in [1.807, 2.05) is 6.92 Å². The van der Waals surface area contributed by atoms with Crippen LogP contribution in [-0.2, 0) is 14.8 Å². The Kier molecular flexibility index (Phi) is 10.00. The number of pyridine rings is 1. The van der Waals surface area contributed by atoms with Gasteiger partial charge in [-0.1, -0.05) is 19.8 Å². The Morgan fingerprint density at radius 2 is 1.71 bits per heavy atom. The Morgan fingerprint density at radius 3 is 2.41 bits per heavy atom. The maximum Gasteiger partial charge on any atom is 0.253 e. The summed E-state index contributed by atoms with van der Waals surface area (Å²) in [4.78, 5) is 29.9. The van der Waals surface area contributed by atoms with Gasteiger partial charge in [0, 0.05) is 57.3 Å². The molecule has 11 heteroatoms. The van der Waals surface area contributed by atoms with E-state index in [0.717, 1.165) is 38.9 Å². The fraction of sp³-hybridized carbons (Fsp3) is 0.609. The van der Waals surface area contributed by atoms with Crippen LogP contribution in [0.4, 0.5) is 17.1 Å². The second-order valence-electron chi connectivity index (χ2n) is 8.37. The molecule has 0 spiro atoms. The van der Waals surface area contributed by atoms with Crippen LogP contribution in [0.3, 0.4) is 0 Å². The van der Waals surface area contributed by atoms with Gasteiger partial charge in [0.1, 0.15) is 11.4 Å². The van der Waals surface area contributed by atoms with E-state index in [9.17, 15) is 18.0 Å². The number of nitrogens with zero attached hydrogens (tertiary/aromatic N) is 3. The van der Waals surface area contributed by atoms with E-state index in [2.05, 4.69) is 20.5 Å². The highest BCUT2D eigenvalue weighted by Crippen LogP contribution is 2.20. The van der Waals surface area contributed by atoms with Crippen molar-refractivity contribution in [3.8, 4) is 0 Å². The maximum atomic E-state index is 12.7. The lowest BCUT2D eigenvalue weighted by Crippen LogP contribution is -2.43. The lowest BCUT2D eigenvalue weighted by Gasteiger charge is -2.29. The summed E-state index contributed by atoms with van der Waals surface area (Å²) < 4.78 is 32.3. The van der Waals surface area contributed by atoms with Crippen molar-refractivity contribution in [2.45, 2.75) is 32.6 Å². The van der Waals surface area contributed by atoms with Crippen molar-refractivity contribution in [2.24, 2.45) is 0 Å². The molecule has 1 aromatic heterocycles. The molecule has 1 fully saturated rings. The molecule has 0 aliphatic carbocycles. The minimum Gasteiger partial charge on any atom is -0.380 e. The zero-order valence-electron chi connectivity index (χ0n) is 19.8. The third-order valence-electron chi connectivity index (χ3n) is 6.01. The number of sulfonamides is 1. The third-order valence-corrected chi connectivity index (χ3v) is 8.04. The van der Waals surface area contributed by atoms with E-state index < -0.39 is 20.9 Å². The molecular weight excluding hydrogens is 458 g/mol. The van der Waals surface area contributed by atoms with Crippen LogP contribution in [0.5, 0.6) is 0 Å². The van der Waals surface area contributed by atoms with Crippen LogP contribution in [0.2, 0.25) is 0 Å². The number of unbranched alkanes of at least 4 members (excludes halogenated alkanes) is 3. The Balaban J connectivity index is 1.33. The van der Waals surface area contributed by atoms with E-state index in [1.165, 1.54) is 0 Å². The molecule has 0 atom stereocenters. The van der Waals surface area contributed by atoms with Crippen molar-refractivity contribution in [2.75, 3.05) is 68.9 Å². The van der Waals surface area contributed by atoms with Crippen molar-refractivity contribution >= 4 is 27.1 Å². The average molecular weight is 494 g/mol. The Hall–Kier alpha value is -2.34. The molecular formula is C23H35N5O5S. The molecule has 188 valence electrons. The van der Waals surface area contributed by atoms with Gasteiger partial charge in [-0.15, -0.1) is 0 Å². The summed E-state index contributed by atoms with van der Waals surface area (Å²) in [6.07, 6.45) is 6.21. The number of likely N-dealkylation sites (N-methyl/N-ethyl adjacent to an activating group) is 1. The van der Waals surface area contributed by atoms with Crippen molar-refractivity contribution < 1.29 is 13.2 Å². The third kappa shape index (κ3) is 7.33.